The summed E-state index contributed by atoms with van der Waals surface area (Å²) in [6.07, 6.45) is 0.738. The van der Waals surface area contributed by atoms with Crippen molar-refractivity contribution in [1.82, 2.24) is 9.97 Å². The maximum Gasteiger partial charge on any atom is 0.229 e. The predicted octanol–water partition coefficient (Wildman–Crippen LogP) is 2.28. The van der Waals surface area contributed by atoms with Gasteiger partial charge >= 0.3 is 0 Å². The van der Waals surface area contributed by atoms with Crippen LogP contribution in [-0.4, -0.2) is 48.7 Å². The molecule has 0 aliphatic carbocycles. The van der Waals surface area contributed by atoms with Crippen LogP contribution in [0, 0.1) is 5.82 Å². The van der Waals surface area contributed by atoms with Crippen molar-refractivity contribution in [1.29, 1.82) is 0 Å². The van der Waals surface area contributed by atoms with Crippen molar-refractivity contribution < 1.29 is 18.7 Å². The van der Waals surface area contributed by atoms with Gasteiger partial charge in [0.05, 0.1) is 13.2 Å². The molecule has 1 aromatic heterocycles. The lowest BCUT2D eigenvalue weighted by Crippen LogP contribution is -2.37. The fourth-order valence-electron chi connectivity index (χ4n) is 2.48. The molecule has 7 heteroatoms. The molecular weight excluding hydrogens is 325 g/mol. The van der Waals surface area contributed by atoms with E-state index in [1.54, 1.807) is 6.07 Å². The number of carbonyl (C=O) groups excluding carboxylic acids is 1. The molecule has 1 aliphatic rings. The van der Waals surface area contributed by atoms with Crippen molar-refractivity contribution >= 4 is 11.7 Å². The maximum absolute atomic E-state index is 12.9. The molecule has 0 unspecified atom stereocenters. The molecule has 0 radical (unpaired) electrons. The van der Waals surface area contributed by atoms with Gasteiger partial charge in [-0.15, -0.1) is 0 Å². The van der Waals surface area contributed by atoms with Crippen LogP contribution in [0.2, 0.25) is 0 Å². The fourth-order valence-corrected chi connectivity index (χ4v) is 2.48. The number of nitrogens with zero attached hydrogens (tertiary/aromatic N) is 3. The van der Waals surface area contributed by atoms with Gasteiger partial charge in [0.15, 0.2) is 12.4 Å². The summed E-state index contributed by atoms with van der Waals surface area (Å²) in [7, 11) is 0. The third kappa shape index (κ3) is 4.51. The van der Waals surface area contributed by atoms with E-state index in [0.29, 0.717) is 30.6 Å². The normalized spacial score (nSPS) is 14.4. The van der Waals surface area contributed by atoms with E-state index in [2.05, 4.69) is 9.97 Å². The van der Waals surface area contributed by atoms with Gasteiger partial charge in [-0.1, -0.05) is 6.92 Å². The lowest BCUT2D eigenvalue weighted by Gasteiger charge is -2.27. The van der Waals surface area contributed by atoms with Gasteiger partial charge in [-0.2, -0.15) is 4.98 Å². The van der Waals surface area contributed by atoms with E-state index in [9.17, 15) is 9.18 Å². The molecule has 6 nitrogen and oxygen atoms in total. The van der Waals surface area contributed by atoms with Gasteiger partial charge in [0.2, 0.25) is 11.8 Å². The Kier molecular flexibility index (Phi) is 5.55. The Morgan fingerprint density at radius 2 is 1.96 bits per heavy atom. The topological polar surface area (TPSA) is 64.5 Å². The number of ketones is 1. The first-order valence-corrected chi connectivity index (χ1v) is 8.28. The summed E-state index contributed by atoms with van der Waals surface area (Å²) in [5, 5.41) is 0. The summed E-state index contributed by atoms with van der Waals surface area (Å²) in [6.45, 7) is 4.56. The van der Waals surface area contributed by atoms with Gasteiger partial charge in [0, 0.05) is 30.4 Å². The average Bonchev–Trinajstić information content (AvgIpc) is 2.67. The Balaban J connectivity index is 1.70. The first kappa shape index (κ1) is 17.3. The highest BCUT2D eigenvalue weighted by Gasteiger charge is 2.16. The number of anilines is 1. The van der Waals surface area contributed by atoms with Crippen molar-refractivity contribution in [3.8, 4) is 5.88 Å². The summed E-state index contributed by atoms with van der Waals surface area (Å²) in [4.78, 5) is 23.1. The van der Waals surface area contributed by atoms with Gasteiger partial charge in [0.25, 0.3) is 0 Å². The number of aryl methyl sites for hydroxylation is 1. The summed E-state index contributed by atoms with van der Waals surface area (Å²) in [5.74, 6) is 0.344. The van der Waals surface area contributed by atoms with Crippen molar-refractivity contribution in [3.05, 3.63) is 47.4 Å². The number of morpholine rings is 1. The molecule has 2 aromatic rings. The fraction of sp³-hybridized carbons (Fsp3) is 0.389. The summed E-state index contributed by atoms with van der Waals surface area (Å²) < 4.78 is 23.9. The molecule has 0 saturated carbocycles. The standard InChI is InChI=1S/C18H20FN3O3/c1-2-15-11-17(21-18(20-15)22-7-9-24-10-8-22)25-12-16(23)13-3-5-14(19)6-4-13/h3-6,11H,2,7-10,12H2,1H3. The number of ether oxygens (including phenoxy) is 2. The molecule has 1 aromatic carbocycles. The molecule has 0 atom stereocenters. The largest absolute Gasteiger partial charge is 0.469 e. The zero-order valence-electron chi connectivity index (χ0n) is 14.1. The number of Topliss-reactive ketones (excluding diaryl/α,β-unsaturated/α-hetero) is 1. The zero-order chi connectivity index (χ0) is 17.6. The van der Waals surface area contributed by atoms with Gasteiger partial charge in [-0.25, -0.2) is 9.37 Å². The SMILES string of the molecule is CCc1cc(OCC(=O)c2ccc(F)cc2)nc(N2CCOCC2)n1. The van der Waals surface area contributed by atoms with Crippen LogP contribution in [-0.2, 0) is 11.2 Å². The van der Waals surface area contributed by atoms with Gasteiger partial charge < -0.3 is 14.4 Å². The summed E-state index contributed by atoms with van der Waals surface area (Å²) >= 11 is 0. The van der Waals surface area contributed by atoms with E-state index >= 15 is 0 Å². The van der Waals surface area contributed by atoms with Crippen LogP contribution in [0.3, 0.4) is 0 Å². The first-order chi connectivity index (χ1) is 12.2. The molecule has 0 amide bonds. The van der Waals surface area contributed by atoms with Crippen LogP contribution in [0.1, 0.15) is 23.0 Å². The molecule has 2 heterocycles. The van der Waals surface area contributed by atoms with Crippen LogP contribution < -0.4 is 9.64 Å². The molecule has 1 fully saturated rings. The third-order valence-electron chi connectivity index (χ3n) is 3.92. The number of halogens is 1. The molecule has 1 saturated heterocycles. The van der Waals surface area contributed by atoms with Gasteiger partial charge in [-0.05, 0) is 30.7 Å². The number of aromatic nitrogens is 2. The van der Waals surface area contributed by atoms with Crippen molar-refractivity contribution in [2.45, 2.75) is 13.3 Å². The number of hydrogen-bond donors (Lipinski definition) is 0. The minimum absolute atomic E-state index is 0.158. The number of carbonyl (C=O) groups is 1. The molecule has 25 heavy (non-hydrogen) atoms. The number of rotatable bonds is 6. The Morgan fingerprint density at radius 1 is 1.24 bits per heavy atom. The lowest BCUT2D eigenvalue weighted by molar-refractivity contribution is 0.0917. The van der Waals surface area contributed by atoms with Crippen LogP contribution in [0.4, 0.5) is 10.3 Å². The molecule has 0 N–H and O–H groups in total. The van der Waals surface area contributed by atoms with Crippen molar-refractivity contribution in [3.63, 3.8) is 0 Å². The Labute approximate surface area is 145 Å². The minimum Gasteiger partial charge on any atom is -0.469 e. The Hall–Kier alpha value is -2.54. The van der Waals surface area contributed by atoms with E-state index < -0.39 is 0 Å². The van der Waals surface area contributed by atoms with E-state index in [4.69, 9.17) is 9.47 Å². The van der Waals surface area contributed by atoms with Crippen LogP contribution in [0.15, 0.2) is 30.3 Å². The second kappa shape index (κ2) is 8.02. The van der Waals surface area contributed by atoms with Crippen LogP contribution in [0.25, 0.3) is 0 Å². The zero-order valence-corrected chi connectivity index (χ0v) is 14.1. The average molecular weight is 345 g/mol. The Morgan fingerprint density at radius 3 is 2.64 bits per heavy atom. The maximum atomic E-state index is 12.9. The summed E-state index contributed by atoms with van der Waals surface area (Å²) in [6, 6.07) is 7.13. The second-order valence-corrected chi connectivity index (χ2v) is 5.67. The first-order valence-electron chi connectivity index (χ1n) is 8.28. The highest BCUT2D eigenvalue weighted by atomic mass is 19.1. The smallest absolute Gasteiger partial charge is 0.229 e. The van der Waals surface area contributed by atoms with Gasteiger partial charge in [0.1, 0.15) is 5.82 Å². The molecule has 3 rings (SSSR count). The minimum atomic E-state index is -0.379. The van der Waals surface area contributed by atoms with Crippen molar-refractivity contribution in [2.75, 3.05) is 37.8 Å². The quantitative estimate of drug-likeness (QED) is 0.749. The van der Waals surface area contributed by atoms with Crippen molar-refractivity contribution in [2.24, 2.45) is 0 Å². The molecular formula is C18H20FN3O3. The molecule has 0 bridgehead atoms. The monoisotopic (exact) mass is 345 g/mol. The van der Waals surface area contributed by atoms with Crippen LogP contribution >= 0.6 is 0 Å². The van der Waals surface area contributed by atoms with Crippen LogP contribution in [0.5, 0.6) is 5.88 Å². The van der Waals surface area contributed by atoms with E-state index in [0.717, 1.165) is 25.2 Å². The lowest BCUT2D eigenvalue weighted by atomic mass is 10.1. The highest BCUT2D eigenvalue weighted by molar-refractivity contribution is 5.97. The Bertz CT molecular complexity index is 731. The predicted molar refractivity (Wildman–Crippen MR) is 90.7 cm³/mol. The molecule has 0 spiro atoms. The number of benzene rings is 1. The van der Waals surface area contributed by atoms with Gasteiger partial charge in [-0.3, -0.25) is 4.79 Å². The van der Waals surface area contributed by atoms with E-state index in [-0.39, 0.29) is 18.2 Å². The van der Waals surface area contributed by atoms with E-state index in [1.807, 2.05) is 11.8 Å². The molecule has 1 aliphatic heterocycles. The molecule has 132 valence electrons. The third-order valence-corrected chi connectivity index (χ3v) is 3.92. The number of hydrogen-bond acceptors (Lipinski definition) is 6. The summed E-state index contributed by atoms with van der Waals surface area (Å²) in [5.41, 5.74) is 1.25. The van der Waals surface area contributed by atoms with E-state index in [1.165, 1.54) is 24.3 Å². The second-order valence-electron chi connectivity index (χ2n) is 5.67. The highest BCUT2D eigenvalue weighted by Crippen LogP contribution is 2.18.